The van der Waals surface area contributed by atoms with E-state index in [1.54, 1.807) is 37.4 Å². The maximum absolute atomic E-state index is 13.8. The van der Waals surface area contributed by atoms with Crippen LogP contribution in [0.1, 0.15) is 18.6 Å². The third-order valence-electron chi connectivity index (χ3n) is 3.92. The minimum atomic E-state index is -0.658. The van der Waals surface area contributed by atoms with Gasteiger partial charge < -0.3 is 10.5 Å². The van der Waals surface area contributed by atoms with Crippen LogP contribution in [-0.2, 0) is 0 Å². The van der Waals surface area contributed by atoms with Crippen molar-refractivity contribution in [1.82, 2.24) is 4.98 Å². The molecule has 0 aliphatic carbocycles. The predicted octanol–water partition coefficient (Wildman–Crippen LogP) is 7.22. The first-order valence-corrected chi connectivity index (χ1v) is 9.30. The Bertz CT molecular complexity index is 1010. The average molecular weight is 446 g/mol. The van der Waals surface area contributed by atoms with Gasteiger partial charge in [0.25, 0.3) is 0 Å². The number of ether oxygens (including phenoxy) is 1. The molecule has 1 atom stereocenters. The minimum Gasteiger partial charge on any atom is -0.482 e. The van der Waals surface area contributed by atoms with Crippen LogP contribution in [-0.4, -0.2) is 4.98 Å². The minimum absolute atomic E-state index is 0.0952. The molecule has 140 valence electrons. The molecule has 2 N–H and O–H groups in total. The first-order valence-electron chi connectivity index (χ1n) is 7.79. The van der Waals surface area contributed by atoms with E-state index < -0.39 is 11.9 Å². The van der Waals surface area contributed by atoms with Gasteiger partial charge >= 0.3 is 0 Å². The van der Waals surface area contributed by atoms with Crippen molar-refractivity contribution in [3.05, 3.63) is 74.1 Å². The van der Waals surface area contributed by atoms with E-state index in [1.807, 2.05) is 0 Å². The SMILES string of the molecule is CC(Oc1cc(-c2ccc(Cl)c(Cl)c2)cnc1N)c1c(Cl)ccc(F)c1Cl. The summed E-state index contributed by atoms with van der Waals surface area (Å²) in [6.45, 7) is 1.69. The van der Waals surface area contributed by atoms with Gasteiger partial charge in [-0.15, -0.1) is 0 Å². The van der Waals surface area contributed by atoms with E-state index in [1.165, 1.54) is 12.1 Å². The monoisotopic (exact) mass is 444 g/mol. The molecule has 1 unspecified atom stereocenters. The van der Waals surface area contributed by atoms with Gasteiger partial charge in [-0.25, -0.2) is 9.37 Å². The molecule has 0 spiro atoms. The molecule has 2 aromatic carbocycles. The zero-order valence-electron chi connectivity index (χ0n) is 13.9. The Morgan fingerprint density at radius 2 is 1.67 bits per heavy atom. The van der Waals surface area contributed by atoms with E-state index in [-0.39, 0.29) is 10.8 Å². The van der Waals surface area contributed by atoms with E-state index in [0.717, 1.165) is 11.1 Å². The Morgan fingerprint density at radius 3 is 2.37 bits per heavy atom. The topological polar surface area (TPSA) is 48.1 Å². The third-order valence-corrected chi connectivity index (χ3v) is 5.38. The molecule has 0 saturated carbocycles. The summed E-state index contributed by atoms with van der Waals surface area (Å²) in [5.74, 6) is -0.0982. The number of benzene rings is 2. The maximum Gasteiger partial charge on any atom is 0.166 e. The highest BCUT2D eigenvalue weighted by Crippen LogP contribution is 2.37. The zero-order valence-corrected chi connectivity index (χ0v) is 17.0. The Labute approximate surface area is 175 Å². The molecule has 1 heterocycles. The van der Waals surface area contributed by atoms with Crippen molar-refractivity contribution in [3.63, 3.8) is 0 Å². The molecule has 3 nitrogen and oxygen atoms in total. The van der Waals surface area contributed by atoms with Crippen LogP contribution in [0.4, 0.5) is 10.2 Å². The fourth-order valence-corrected chi connectivity index (χ4v) is 3.52. The van der Waals surface area contributed by atoms with E-state index >= 15 is 0 Å². The van der Waals surface area contributed by atoms with Gasteiger partial charge in [-0.1, -0.05) is 52.5 Å². The quantitative estimate of drug-likeness (QED) is 0.431. The Kier molecular flexibility index (Phi) is 6.02. The number of halogens is 5. The summed E-state index contributed by atoms with van der Waals surface area (Å²) in [6, 6.07) is 9.53. The van der Waals surface area contributed by atoms with Gasteiger partial charge in [0.1, 0.15) is 11.9 Å². The number of nitrogen functional groups attached to an aromatic ring is 1. The highest BCUT2D eigenvalue weighted by atomic mass is 35.5. The maximum atomic E-state index is 13.8. The van der Waals surface area contributed by atoms with Crippen LogP contribution < -0.4 is 10.5 Å². The number of hydrogen-bond acceptors (Lipinski definition) is 3. The summed E-state index contributed by atoms with van der Waals surface area (Å²) < 4.78 is 19.7. The predicted molar refractivity (Wildman–Crippen MR) is 110 cm³/mol. The number of hydrogen-bond donors (Lipinski definition) is 1. The van der Waals surface area contributed by atoms with Crippen LogP contribution in [0.25, 0.3) is 11.1 Å². The highest BCUT2D eigenvalue weighted by Gasteiger charge is 2.20. The average Bonchev–Trinajstić information content (AvgIpc) is 2.63. The number of nitrogens with zero attached hydrogens (tertiary/aromatic N) is 1. The molecular formula is C19H13Cl4FN2O. The molecule has 3 rings (SSSR count). The number of nitrogens with two attached hydrogens (primary N) is 1. The second-order valence-electron chi connectivity index (χ2n) is 5.75. The van der Waals surface area contributed by atoms with E-state index in [0.29, 0.717) is 26.4 Å². The van der Waals surface area contributed by atoms with Crippen molar-refractivity contribution in [2.45, 2.75) is 13.0 Å². The summed E-state index contributed by atoms with van der Waals surface area (Å²) in [7, 11) is 0. The lowest BCUT2D eigenvalue weighted by atomic mass is 10.1. The fraction of sp³-hybridized carbons (Fsp3) is 0.105. The Hall–Kier alpha value is -1.72. The molecular weight excluding hydrogens is 433 g/mol. The molecule has 0 bridgehead atoms. The van der Waals surface area contributed by atoms with Gasteiger partial charge in [-0.05, 0) is 42.8 Å². The van der Waals surface area contributed by atoms with E-state index in [2.05, 4.69) is 4.98 Å². The van der Waals surface area contributed by atoms with Gasteiger partial charge in [0.2, 0.25) is 0 Å². The number of anilines is 1. The second kappa shape index (κ2) is 8.11. The number of rotatable bonds is 4. The molecule has 27 heavy (non-hydrogen) atoms. The molecule has 0 aliphatic rings. The smallest absolute Gasteiger partial charge is 0.166 e. The van der Waals surface area contributed by atoms with Crippen LogP contribution in [0.5, 0.6) is 5.75 Å². The molecule has 3 aromatic rings. The van der Waals surface area contributed by atoms with Crippen LogP contribution in [0.15, 0.2) is 42.6 Å². The molecule has 0 fully saturated rings. The van der Waals surface area contributed by atoms with Crippen molar-refractivity contribution in [2.24, 2.45) is 0 Å². The van der Waals surface area contributed by atoms with E-state index in [9.17, 15) is 4.39 Å². The van der Waals surface area contributed by atoms with Gasteiger partial charge in [0, 0.05) is 22.3 Å². The number of pyridine rings is 1. The highest BCUT2D eigenvalue weighted by molar-refractivity contribution is 6.42. The van der Waals surface area contributed by atoms with Crippen LogP contribution in [0, 0.1) is 5.82 Å². The standard InChI is InChI=1S/C19H13Cl4FN2O/c1-9(17-13(21)4-5-15(24)18(17)23)27-16-7-11(8-26-19(16)25)10-2-3-12(20)14(22)6-10/h2-9H,1H3,(H2,25,26). The van der Waals surface area contributed by atoms with Crippen molar-refractivity contribution < 1.29 is 9.13 Å². The summed E-state index contributed by atoms with van der Waals surface area (Å²) in [5.41, 5.74) is 7.77. The second-order valence-corrected chi connectivity index (χ2v) is 7.35. The summed E-state index contributed by atoms with van der Waals surface area (Å²) >= 11 is 24.2. The lowest BCUT2D eigenvalue weighted by Gasteiger charge is -2.19. The molecule has 0 amide bonds. The van der Waals surface area contributed by atoms with E-state index in [4.69, 9.17) is 56.9 Å². The van der Waals surface area contributed by atoms with Crippen LogP contribution in [0.2, 0.25) is 20.1 Å². The van der Waals surface area contributed by atoms with Gasteiger partial charge in [-0.3, -0.25) is 0 Å². The van der Waals surface area contributed by atoms with Gasteiger partial charge in [0.15, 0.2) is 11.6 Å². The summed E-state index contributed by atoms with van der Waals surface area (Å²) in [6.07, 6.45) is 0.933. The Balaban J connectivity index is 1.96. The normalized spacial score (nSPS) is 12.1. The van der Waals surface area contributed by atoms with Crippen molar-refractivity contribution >= 4 is 52.2 Å². The largest absolute Gasteiger partial charge is 0.482 e. The van der Waals surface area contributed by atoms with Gasteiger partial charge in [0.05, 0.1) is 15.1 Å². The Morgan fingerprint density at radius 1 is 0.963 bits per heavy atom. The zero-order chi connectivity index (χ0) is 19.7. The summed E-state index contributed by atoms with van der Waals surface area (Å²) in [5, 5.41) is 1.06. The first-order chi connectivity index (χ1) is 12.8. The van der Waals surface area contributed by atoms with Crippen molar-refractivity contribution in [3.8, 4) is 16.9 Å². The van der Waals surface area contributed by atoms with Crippen molar-refractivity contribution in [2.75, 3.05) is 5.73 Å². The number of aromatic nitrogens is 1. The van der Waals surface area contributed by atoms with Crippen LogP contribution in [0.3, 0.4) is 0 Å². The van der Waals surface area contributed by atoms with Gasteiger partial charge in [-0.2, -0.15) is 0 Å². The lowest BCUT2D eigenvalue weighted by molar-refractivity contribution is 0.227. The fourth-order valence-electron chi connectivity index (χ4n) is 2.55. The first kappa shape index (κ1) is 20.0. The van der Waals surface area contributed by atoms with Crippen LogP contribution >= 0.6 is 46.4 Å². The third kappa shape index (κ3) is 4.25. The van der Waals surface area contributed by atoms with Crippen molar-refractivity contribution in [1.29, 1.82) is 0 Å². The lowest BCUT2D eigenvalue weighted by Crippen LogP contribution is -2.08. The molecule has 1 aromatic heterocycles. The molecule has 0 aliphatic heterocycles. The molecule has 8 heteroatoms. The molecule has 0 radical (unpaired) electrons. The summed E-state index contributed by atoms with van der Waals surface area (Å²) in [4.78, 5) is 4.15. The molecule has 0 saturated heterocycles.